The minimum absolute atomic E-state index is 0.0818. The SMILES string of the molecule is CCOC(=O)N1CCN(C(=O)C(CNC(=O)OC(C)(C)C)NC(=O)OCC2c3ccccc3-c3ccccc32)CC1. The molecular weight excluding hydrogens is 528 g/mol. The van der Waals surface area contributed by atoms with Crippen molar-refractivity contribution in [2.45, 2.75) is 45.3 Å². The molecule has 11 nitrogen and oxygen atoms in total. The lowest BCUT2D eigenvalue weighted by Gasteiger charge is -2.36. The summed E-state index contributed by atoms with van der Waals surface area (Å²) >= 11 is 0. The quantitative estimate of drug-likeness (QED) is 0.489. The fourth-order valence-corrected chi connectivity index (χ4v) is 5.03. The zero-order chi connectivity index (χ0) is 29.6. The fraction of sp³-hybridized carbons (Fsp3) is 0.467. The van der Waals surface area contributed by atoms with Crippen molar-refractivity contribution >= 4 is 24.2 Å². The van der Waals surface area contributed by atoms with Crippen molar-refractivity contribution in [1.29, 1.82) is 0 Å². The van der Waals surface area contributed by atoms with Crippen molar-refractivity contribution in [2.75, 3.05) is 45.9 Å². The smallest absolute Gasteiger partial charge is 0.409 e. The minimum atomic E-state index is -1.10. The Bertz CT molecular complexity index is 1220. The number of hydrogen-bond acceptors (Lipinski definition) is 7. The average molecular weight is 567 g/mol. The van der Waals surface area contributed by atoms with Gasteiger partial charge in [-0.25, -0.2) is 14.4 Å². The van der Waals surface area contributed by atoms with Gasteiger partial charge in [0.05, 0.1) is 13.2 Å². The number of amides is 4. The molecule has 1 atom stereocenters. The molecule has 2 aromatic carbocycles. The van der Waals surface area contributed by atoms with Crippen LogP contribution in [0.1, 0.15) is 44.7 Å². The molecule has 11 heteroatoms. The van der Waals surface area contributed by atoms with Crippen molar-refractivity contribution < 1.29 is 33.4 Å². The van der Waals surface area contributed by atoms with Crippen LogP contribution >= 0.6 is 0 Å². The molecule has 0 spiro atoms. The molecule has 2 N–H and O–H groups in total. The highest BCUT2D eigenvalue weighted by Gasteiger charge is 2.33. The van der Waals surface area contributed by atoms with E-state index in [1.54, 1.807) is 32.6 Å². The third-order valence-corrected chi connectivity index (χ3v) is 6.90. The van der Waals surface area contributed by atoms with Crippen molar-refractivity contribution in [3.8, 4) is 11.1 Å². The molecule has 1 aliphatic heterocycles. The van der Waals surface area contributed by atoms with Crippen molar-refractivity contribution in [2.24, 2.45) is 0 Å². The molecule has 1 fully saturated rings. The Morgan fingerprint density at radius 3 is 1.98 bits per heavy atom. The molecule has 1 aliphatic carbocycles. The molecule has 0 saturated carbocycles. The molecule has 1 saturated heterocycles. The number of alkyl carbamates (subject to hydrolysis) is 2. The third-order valence-electron chi connectivity index (χ3n) is 6.90. The van der Waals surface area contributed by atoms with Gasteiger partial charge in [-0.05, 0) is 49.9 Å². The molecule has 2 aliphatic rings. The lowest BCUT2D eigenvalue weighted by atomic mass is 9.98. The summed E-state index contributed by atoms with van der Waals surface area (Å²) in [4.78, 5) is 53.9. The van der Waals surface area contributed by atoms with E-state index in [0.29, 0.717) is 13.1 Å². The highest BCUT2D eigenvalue weighted by atomic mass is 16.6. The minimum Gasteiger partial charge on any atom is -0.450 e. The van der Waals surface area contributed by atoms with Gasteiger partial charge in [-0.1, -0.05) is 48.5 Å². The number of benzene rings is 2. The van der Waals surface area contributed by atoms with Crippen LogP contribution in [0, 0.1) is 0 Å². The number of rotatable bonds is 7. The van der Waals surface area contributed by atoms with Gasteiger partial charge in [-0.3, -0.25) is 4.79 Å². The van der Waals surface area contributed by atoms with Crippen LogP contribution in [0.25, 0.3) is 11.1 Å². The van der Waals surface area contributed by atoms with Gasteiger partial charge in [-0.2, -0.15) is 0 Å². The predicted molar refractivity (Wildman–Crippen MR) is 151 cm³/mol. The van der Waals surface area contributed by atoms with Crippen LogP contribution in [0.5, 0.6) is 0 Å². The zero-order valence-corrected chi connectivity index (χ0v) is 24.0. The molecule has 1 unspecified atom stereocenters. The Morgan fingerprint density at radius 1 is 0.854 bits per heavy atom. The van der Waals surface area contributed by atoms with E-state index in [1.807, 2.05) is 48.5 Å². The first-order valence-corrected chi connectivity index (χ1v) is 13.9. The molecule has 1 heterocycles. The lowest BCUT2D eigenvalue weighted by Crippen LogP contribution is -2.58. The van der Waals surface area contributed by atoms with Crippen LogP contribution < -0.4 is 10.6 Å². The van der Waals surface area contributed by atoms with Crippen molar-refractivity contribution in [3.05, 3.63) is 59.7 Å². The maximum atomic E-state index is 13.5. The summed E-state index contributed by atoms with van der Waals surface area (Å²) in [6.07, 6.45) is -1.92. The molecule has 0 aromatic heterocycles. The van der Waals surface area contributed by atoms with Gasteiger partial charge < -0.3 is 34.6 Å². The Hall–Kier alpha value is -4.28. The average Bonchev–Trinajstić information content (AvgIpc) is 3.26. The van der Waals surface area contributed by atoms with Gasteiger partial charge in [0.15, 0.2) is 0 Å². The molecule has 4 amide bonds. The topological polar surface area (TPSA) is 127 Å². The monoisotopic (exact) mass is 566 g/mol. The summed E-state index contributed by atoms with van der Waals surface area (Å²) in [5, 5.41) is 5.20. The highest BCUT2D eigenvalue weighted by Crippen LogP contribution is 2.44. The first-order valence-electron chi connectivity index (χ1n) is 13.9. The summed E-state index contributed by atoms with van der Waals surface area (Å²) in [6, 6.07) is 14.9. The van der Waals surface area contributed by atoms with Crippen LogP contribution in [0.2, 0.25) is 0 Å². The van der Waals surface area contributed by atoms with Crippen LogP contribution in [-0.2, 0) is 19.0 Å². The largest absolute Gasteiger partial charge is 0.450 e. The Balaban J connectivity index is 1.40. The van der Waals surface area contributed by atoms with E-state index in [1.165, 1.54) is 4.90 Å². The number of hydrogen-bond donors (Lipinski definition) is 2. The van der Waals surface area contributed by atoms with E-state index in [2.05, 4.69) is 10.6 Å². The maximum Gasteiger partial charge on any atom is 0.409 e. The predicted octanol–water partition coefficient (Wildman–Crippen LogP) is 3.72. The third kappa shape index (κ3) is 7.47. The van der Waals surface area contributed by atoms with Gasteiger partial charge in [0, 0.05) is 32.1 Å². The zero-order valence-electron chi connectivity index (χ0n) is 24.0. The number of carbonyl (C=O) groups is 4. The summed E-state index contributed by atoms with van der Waals surface area (Å²) in [7, 11) is 0. The first-order chi connectivity index (χ1) is 19.6. The van der Waals surface area contributed by atoms with E-state index in [9.17, 15) is 19.2 Å². The van der Waals surface area contributed by atoms with Crippen molar-refractivity contribution in [3.63, 3.8) is 0 Å². The fourth-order valence-electron chi connectivity index (χ4n) is 5.03. The Labute approximate surface area is 240 Å². The maximum absolute atomic E-state index is 13.5. The van der Waals surface area contributed by atoms with E-state index >= 15 is 0 Å². The molecule has 2 aromatic rings. The van der Waals surface area contributed by atoms with E-state index < -0.39 is 35.8 Å². The second-order valence-electron chi connectivity index (χ2n) is 10.9. The van der Waals surface area contributed by atoms with Gasteiger partial charge >= 0.3 is 18.3 Å². The number of fused-ring (bicyclic) bond motifs is 3. The molecule has 41 heavy (non-hydrogen) atoms. The van der Waals surface area contributed by atoms with Gasteiger partial charge in [0.2, 0.25) is 5.91 Å². The number of carbonyl (C=O) groups excluding carboxylic acids is 4. The lowest BCUT2D eigenvalue weighted by molar-refractivity contribution is -0.134. The second-order valence-corrected chi connectivity index (χ2v) is 10.9. The molecular formula is C30H38N4O7. The standard InChI is InChI=1S/C30H38N4O7/c1-5-39-29(38)34-16-14-33(15-17-34)26(35)25(18-31-27(36)41-30(2,3)4)32-28(37)40-19-24-22-12-8-6-10-20(22)21-11-7-9-13-23(21)24/h6-13,24-25H,5,14-19H2,1-4H3,(H,31,36)(H,32,37). The first kappa shape index (κ1) is 29.7. The van der Waals surface area contributed by atoms with E-state index in [4.69, 9.17) is 14.2 Å². The summed E-state index contributed by atoms with van der Waals surface area (Å²) in [6.45, 7) is 8.17. The molecule has 0 bridgehead atoms. The summed E-state index contributed by atoms with van der Waals surface area (Å²) in [5.74, 6) is -0.545. The second kappa shape index (κ2) is 12.9. The van der Waals surface area contributed by atoms with Crippen molar-refractivity contribution in [1.82, 2.24) is 20.4 Å². The Kier molecular flexibility index (Phi) is 9.36. The Morgan fingerprint density at radius 2 is 1.41 bits per heavy atom. The van der Waals surface area contributed by atoms with Crippen LogP contribution in [0.4, 0.5) is 14.4 Å². The van der Waals surface area contributed by atoms with Crippen LogP contribution in [0.3, 0.4) is 0 Å². The number of piperazine rings is 1. The normalized spacial score (nSPS) is 15.3. The summed E-state index contributed by atoms with van der Waals surface area (Å²) in [5.41, 5.74) is 3.62. The van der Waals surface area contributed by atoms with Gasteiger partial charge in [-0.15, -0.1) is 0 Å². The summed E-state index contributed by atoms with van der Waals surface area (Å²) < 4.78 is 16.0. The van der Waals surface area contributed by atoms with E-state index in [0.717, 1.165) is 22.3 Å². The number of ether oxygens (including phenoxy) is 3. The van der Waals surface area contributed by atoms with Gasteiger partial charge in [0.1, 0.15) is 18.2 Å². The number of nitrogens with zero attached hydrogens (tertiary/aromatic N) is 2. The molecule has 0 radical (unpaired) electrons. The highest BCUT2D eigenvalue weighted by molar-refractivity contribution is 5.87. The number of nitrogens with one attached hydrogen (secondary N) is 2. The van der Waals surface area contributed by atoms with Crippen LogP contribution in [0.15, 0.2) is 48.5 Å². The van der Waals surface area contributed by atoms with Gasteiger partial charge in [0.25, 0.3) is 0 Å². The van der Waals surface area contributed by atoms with Crippen LogP contribution in [-0.4, -0.2) is 91.6 Å². The molecule has 4 rings (SSSR count). The molecule has 220 valence electrons. The van der Waals surface area contributed by atoms with E-state index in [-0.39, 0.29) is 38.8 Å².